The van der Waals surface area contributed by atoms with E-state index in [0.29, 0.717) is 12.6 Å². The Morgan fingerprint density at radius 3 is 3.00 bits per heavy atom. The van der Waals surface area contributed by atoms with Gasteiger partial charge in [-0.3, -0.25) is 5.32 Å². The molecule has 0 spiro atoms. The van der Waals surface area contributed by atoms with Crippen LogP contribution < -0.4 is 5.32 Å². The Balaban J connectivity index is 2.02. The van der Waals surface area contributed by atoms with Gasteiger partial charge >= 0.3 is 6.03 Å². The van der Waals surface area contributed by atoms with Gasteiger partial charge in [0.05, 0.1) is 12.2 Å². The molecule has 0 unspecified atom stereocenters. The Kier molecular flexibility index (Phi) is 4.60. The monoisotopic (exact) mass is 262 g/mol. The van der Waals surface area contributed by atoms with Crippen LogP contribution in [0.1, 0.15) is 38.1 Å². The van der Waals surface area contributed by atoms with E-state index in [0.717, 1.165) is 18.7 Å². The van der Waals surface area contributed by atoms with Gasteiger partial charge in [-0.25, -0.2) is 9.48 Å². The largest absolute Gasteiger partial charge is 0.324 e. The van der Waals surface area contributed by atoms with Gasteiger partial charge in [-0.1, -0.05) is 25.3 Å². The molecular formula is C14H22N4O. The second-order valence-corrected chi connectivity index (χ2v) is 5.05. The van der Waals surface area contributed by atoms with Crippen LogP contribution in [0.5, 0.6) is 0 Å². The summed E-state index contributed by atoms with van der Waals surface area (Å²) < 4.78 is 1.96. The fourth-order valence-electron chi connectivity index (χ4n) is 2.51. The maximum Gasteiger partial charge on any atom is 0.323 e. The normalized spacial score (nSPS) is 16.1. The number of rotatable bonds is 4. The van der Waals surface area contributed by atoms with E-state index in [1.54, 1.807) is 24.2 Å². The SMILES string of the molecule is C=CCN(C)C(=O)Nc1ccnn1C1CCCCC1. The molecule has 1 aliphatic rings. The van der Waals surface area contributed by atoms with Gasteiger partial charge in [0.15, 0.2) is 0 Å². The highest BCUT2D eigenvalue weighted by atomic mass is 16.2. The van der Waals surface area contributed by atoms with Crippen molar-refractivity contribution in [2.24, 2.45) is 0 Å². The number of likely N-dealkylation sites (N-methyl/N-ethyl adjacent to an activating group) is 1. The van der Waals surface area contributed by atoms with Crippen LogP contribution in [0.2, 0.25) is 0 Å². The molecule has 1 fully saturated rings. The molecule has 19 heavy (non-hydrogen) atoms. The van der Waals surface area contributed by atoms with Crippen molar-refractivity contribution in [3.8, 4) is 0 Å². The Morgan fingerprint density at radius 2 is 2.32 bits per heavy atom. The standard InChI is InChI=1S/C14H22N4O/c1-3-11-17(2)14(19)16-13-9-10-15-18(13)12-7-5-4-6-8-12/h3,9-10,12H,1,4-8,11H2,2H3,(H,16,19). The van der Waals surface area contributed by atoms with E-state index in [1.165, 1.54) is 19.3 Å². The maximum atomic E-state index is 12.0. The summed E-state index contributed by atoms with van der Waals surface area (Å²) in [6.07, 6.45) is 9.54. The fourth-order valence-corrected chi connectivity index (χ4v) is 2.51. The van der Waals surface area contributed by atoms with E-state index in [1.807, 2.05) is 10.7 Å². The van der Waals surface area contributed by atoms with Crippen molar-refractivity contribution >= 4 is 11.8 Å². The summed E-state index contributed by atoms with van der Waals surface area (Å²) in [6.45, 7) is 4.16. The number of hydrogen-bond acceptors (Lipinski definition) is 2. The lowest BCUT2D eigenvalue weighted by Gasteiger charge is -2.24. The van der Waals surface area contributed by atoms with Crippen LogP contribution in [0.25, 0.3) is 0 Å². The molecule has 5 nitrogen and oxygen atoms in total. The number of hydrogen-bond donors (Lipinski definition) is 1. The van der Waals surface area contributed by atoms with Crippen LogP contribution in [0, 0.1) is 0 Å². The molecule has 1 heterocycles. The van der Waals surface area contributed by atoms with Crippen molar-refractivity contribution in [2.75, 3.05) is 18.9 Å². The third-order valence-corrected chi connectivity index (χ3v) is 3.58. The summed E-state index contributed by atoms with van der Waals surface area (Å²) in [5.41, 5.74) is 0. The van der Waals surface area contributed by atoms with Gasteiger partial charge < -0.3 is 4.90 Å². The molecule has 0 bridgehead atoms. The van der Waals surface area contributed by atoms with Gasteiger partial charge in [0.2, 0.25) is 0 Å². The highest BCUT2D eigenvalue weighted by Crippen LogP contribution is 2.29. The van der Waals surface area contributed by atoms with Crippen LogP contribution in [0.4, 0.5) is 10.6 Å². The Hall–Kier alpha value is -1.78. The van der Waals surface area contributed by atoms with E-state index >= 15 is 0 Å². The minimum Gasteiger partial charge on any atom is -0.324 e. The van der Waals surface area contributed by atoms with Gasteiger partial charge in [-0.15, -0.1) is 6.58 Å². The number of carbonyl (C=O) groups excluding carboxylic acids is 1. The molecule has 5 heteroatoms. The zero-order valence-electron chi connectivity index (χ0n) is 11.5. The molecule has 0 aliphatic heterocycles. The number of nitrogens with one attached hydrogen (secondary N) is 1. The van der Waals surface area contributed by atoms with Crippen molar-refractivity contribution < 1.29 is 4.79 Å². The molecule has 2 rings (SSSR count). The first-order valence-corrected chi connectivity index (χ1v) is 6.89. The summed E-state index contributed by atoms with van der Waals surface area (Å²) >= 11 is 0. The van der Waals surface area contributed by atoms with Crippen molar-refractivity contribution in [3.05, 3.63) is 24.9 Å². The van der Waals surface area contributed by atoms with Crippen LogP contribution in [0.3, 0.4) is 0 Å². The summed E-state index contributed by atoms with van der Waals surface area (Å²) in [4.78, 5) is 13.5. The van der Waals surface area contributed by atoms with Crippen molar-refractivity contribution in [1.29, 1.82) is 0 Å². The molecule has 1 aromatic heterocycles. The zero-order chi connectivity index (χ0) is 13.7. The molecule has 0 atom stereocenters. The Morgan fingerprint density at radius 1 is 1.58 bits per heavy atom. The molecular weight excluding hydrogens is 240 g/mol. The number of anilines is 1. The number of urea groups is 1. The van der Waals surface area contributed by atoms with E-state index in [2.05, 4.69) is 17.0 Å². The van der Waals surface area contributed by atoms with Gasteiger partial charge in [-0.2, -0.15) is 5.10 Å². The fraction of sp³-hybridized carbons (Fsp3) is 0.571. The lowest BCUT2D eigenvalue weighted by molar-refractivity contribution is 0.226. The number of aromatic nitrogens is 2. The number of nitrogens with zero attached hydrogens (tertiary/aromatic N) is 3. The molecule has 1 aromatic rings. The van der Waals surface area contributed by atoms with Gasteiger partial charge in [0, 0.05) is 19.7 Å². The second kappa shape index (κ2) is 6.41. The summed E-state index contributed by atoms with van der Waals surface area (Å²) in [5, 5.41) is 7.27. The minimum atomic E-state index is -0.127. The highest BCUT2D eigenvalue weighted by molar-refractivity contribution is 5.88. The van der Waals surface area contributed by atoms with Crippen molar-refractivity contribution in [1.82, 2.24) is 14.7 Å². The molecule has 0 aromatic carbocycles. The molecule has 0 radical (unpaired) electrons. The van der Waals surface area contributed by atoms with E-state index in [-0.39, 0.29) is 6.03 Å². The van der Waals surface area contributed by atoms with E-state index in [9.17, 15) is 4.79 Å². The van der Waals surface area contributed by atoms with Crippen LogP contribution in [-0.2, 0) is 0 Å². The summed E-state index contributed by atoms with van der Waals surface area (Å²) in [5.74, 6) is 0.785. The predicted molar refractivity (Wildman–Crippen MR) is 76.2 cm³/mol. The van der Waals surface area contributed by atoms with Gasteiger partial charge in [0.1, 0.15) is 5.82 Å². The van der Waals surface area contributed by atoms with Gasteiger partial charge in [0.25, 0.3) is 0 Å². The molecule has 1 N–H and O–H groups in total. The Labute approximate surface area is 114 Å². The third-order valence-electron chi connectivity index (χ3n) is 3.58. The maximum absolute atomic E-state index is 12.0. The van der Waals surface area contributed by atoms with Crippen LogP contribution >= 0.6 is 0 Å². The van der Waals surface area contributed by atoms with Crippen molar-refractivity contribution in [3.63, 3.8) is 0 Å². The van der Waals surface area contributed by atoms with Crippen molar-refractivity contribution in [2.45, 2.75) is 38.1 Å². The quantitative estimate of drug-likeness (QED) is 0.848. The van der Waals surface area contributed by atoms with Gasteiger partial charge in [-0.05, 0) is 12.8 Å². The molecule has 1 aliphatic carbocycles. The topological polar surface area (TPSA) is 50.2 Å². The average Bonchev–Trinajstić information content (AvgIpc) is 2.88. The number of amides is 2. The van der Waals surface area contributed by atoms with E-state index in [4.69, 9.17) is 0 Å². The van der Waals surface area contributed by atoms with E-state index < -0.39 is 0 Å². The first kappa shape index (κ1) is 13.6. The second-order valence-electron chi connectivity index (χ2n) is 5.05. The van der Waals surface area contributed by atoms with Crippen LogP contribution in [0.15, 0.2) is 24.9 Å². The molecule has 104 valence electrons. The van der Waals surface area contributed by atoms with Crippen LogP contribution in [-0.4, -0.2) is 34.3 Å². The average molecular weight is 262 g/mol. The smallest absolute Gasteiger partial charge is 0.323 e. The first-order valence-electron chi connectivity index (χ1n) is 6.89. The zero-order valence-corrected chi connectivity index (χ0v) is 11.5. The predicted octanol–water partition coefficient (Wildman–Crippen LogP) is 3.04. The summed E-state index contributed by atoms with van der Waals surface area (Å²) in [7, 11) is 1.75. The first-order chi connectivity index (χ1) is 9.22. The lowest BCUT2D eigenvalue weighted by Crippen LogP contribution is -2.32. The molecule has 2 amide bonds. The lowest BCUT2D eigenvalue weighted by atomic mass is 9.96. The third kappa shape index (κ3) is 3.36. The highest BCUT2D eigenvalue weighted by Gasteiger charge is 2.19. The molecule has 1 saturated carbocycles. The number of carbonyl (C=O) groups is 1. The summed E-state index contributed by atoms with van der Waals surface area (Å²) in [6, 6.07) is 2.15. The molecule has 0 saturated heterocycles. The Bertz CT molecular complexity index is 434. The minimum absolute atomic E-state index is 0.127.